The van der Waals surface area contributed by atoms with Crippen molar-refractivity contribution in [3.05, 3.63) is 35.9 Å². The van der Waals surface area contributed by atoms with E-state index in [-0.39, 0.29) is 17.7 Å². The largest absolute Gasteiger partial charge is 0.389 e. The Kier molecular flexibility index (Phi) is 5.20. The standard InChI is InChI=1S/C24H32N4O2/c25-9-8-24(16-27(17-24)23(30)26-14-21(29)15-26)28-10-6-18(7-11-28)12-20-13-22(20)19-4-2-1-3-5-19/h1-5,18,20-22,29H,6-8,10-17H2/t20-,22?/m1/s1. The van der Waals surface area contributed by atoms with Crippen LogP contribution in [0, 0.1) is 23.2 Å². The van der Waals surface area contributed by atoms with Gasteiger partial charge in [-0.05, 0) is 62.1 Å². The summed E-state index contributed by atoms with van der Waals surface area (Å²) in [5.41, 5.74) is 1.34. The van der Waals surface area contributed by atoms with E-state index in [1.807, 2.05) is 4.90 Å². The Morgan fingerprint density at radius 3 is 2.47 bits per heavy atom. The number of piperidine rings is 1. The Balaban J connectivity index is 1.10. The first kappa shape index (κ1) is 19.8. The Hall–Kier alpha value is -2.10. The summed E-state index contributed by atoms with van der Waals surface area (Å²) in [4.78, 5) is 18.5. The van der Waals surface area contributed by atoms with Gasteiger partial charge < -0.3 is 14.9 Å². The molecular weight excluding hydrogens is 376 g/mol. The topological polar surface area (TPSA) is 70.8 Å². The highest BCUT2D eigenvalue weighted by molar-refractivity contribution is 5.76. The van der Waals surface area contributed by atoms with Crippen molar-refractivity contribution in [2.75, 3.05) is 39.3 Å². The minimum absolute atomic E-state index is 0.0180. The highest BCUT2D eigenvalue weighted by Gasteiger charge is 2.51. The van der Waals surface area contributed by atoms with E-state index in [2.05, 4.69) is 41.3 Å². The average molecular weight is 409 g/mol. The van der Waals surface area contributed by atoms with Crippen molar-refractivity contribution in [1.29, 1.82) is 5.26 Å². The van der Waals surface area contributed by atoms with Crippen LogP contribution in [0.5, 0.6) is 0 Å². The molecule has 0 spiro atoms. The number of aliphatic hydroxyl groups is 1. The molecule has 160 valence electrons. The van der Waals surface area contributed by atoms with Crippen molar-refractivity contribution in [1.82, 2.24) is 14.7 Å². The van der Waals surface area contributed by atoms with Gasteiger partial charge in [-0.2, -0.15) is 5.26 Å². The second-order valence-electron chi connectivity index (χ2n) is 9.94. The fourth-order valence-corrected chi connectivity index (χ4v) is 5.87. The lowest BCUT2D eigenvalue weighted by molar-refractivity contribution is -0.0633. The summed E-state index contributed by atoms with van der Waals surface area (Å²) in [5.74, 6) is 2.40. The fraction of sp³-hybridized carbons (Fsp3) is 0.667. The van der Waals surface area contributed by atoms with E-state index in [1.54, 1.807) is 4.90 Å². The first-order valence-electron chi connectivity index (χ1n) is 11.5. The van der Waals surface area contributed by atoms with Crippen molar-refractivity contribution < 1.29 is 9.90 Å². The van der Waals surface area contributed by atoms with Gasteiger partial charge in [0.05, 0.1) is 37.2 Å². The predicted molar refractivity (Wildman–Crippen MR) is 114 cm³/mol. The molecule has 3 aliphatic heterocycles. The lowest BCUT2D eigenvalue weighted by atomic mass is 9.81. The summed E-state index contributed by atoms with van der Waals surface area (Å²) in [7, 11) is 0. The molecule has 0 aromatic heterocycles. The molecule has 1 N–H and O–H groups in total. The minimum atomic E-state index is -0.369. The number of hydrogen-bond donors (Lipinski definition) is 1. The quantitative estimate of drug-likeness (QED) is 0.813. The van der Waals surface area contributed by atoms with Gasteiger partial charge in [-0.3, -0.25) is 4.90 Å². The van der Waals surface area contributed by atoms with Crippen molar-refractivity contribution in [2.24, 2.45) is 11.8 Å². The zero-order valence-electron chi connectivity index (χ0n) is 17.6. The number of benzene rings is 1. The van der Waals surface area contributed by atoms with Crippen LogP contribution in [0.3, 0.4) is 0 Å². The van der Waals surface area contributed by atoms with Crippen LogP contribution in [0.1, 0.15) is 43.6 Å². The first-order chi connectivity index (χ1) is 14.6. The van der Waals surface area contributed by atoms with Crippen LogP contribution in [-0.4, -0.2) is 76.7 Å². The van der Waals surface area contributed by atoms with Crippen molar-refractivity contribution in [3.8, 4) is 6.07 Å². The van der Waals surface area contributed by atoms with Gasteiger partial charge in [0.1, 0.15) is 0 Å². The van der Waals surface area contributed by atoms with E-state index in [0.29, 0.717) is 32.6 Å². The van der Waals surface area contributed by atoms with Gasteiger partial charge in [-0.25, -0.2) is 4.79 Å². The third-order valence-corrected chi connectivity index (χ3v) is 7.85. The summed E-state index contributed by atoms with van der Waals surface area (Å²) >= 11 is 0. The van der Waals surface area contributed by atoms with E-state index >= 15 is 0 Å². The number of amides is 2. The number of nitrogens with zero attached hydrogens (tertiary/aromatic N) is 4. The van der Waals surface area contributed by atoms with Crippen LogP contribution in [-0.2, 0) is 0 Å². The molecule has 2 atom stereocenters. The molecule has 0 radical (unpaired) electrons. The number of hydrogen-bond acceptors (Lipinski definition) is 4. The van der Waals surface area contributed by atoms with Gasteiger partial charge in [0.2, 0.25) is 0 Å². The number of rotatable bonds is 5. The van der Waals surface area contributed by atoms with Gasteiger partial charge in [0.25, 0.3) is 0 Å². The third-order valence-electron chi connectivity index (χ3n) is 7.85. The second kappa shape index (κ2) is 7.86. The normalized spacial score (nSPS) is 29.1. The summed E-state index contributed by atoms with van der Waals surface area (Å²) in [6.07, 6.45) is 5.20. The molecule has 6 nitrogen and oxygen atoms in total. The number of β-amino-alcohol motifs (C(OH)–C–C–N with tert-alkyl or cyclic N) is 1. The number of carbonyl (C=O) groups excluding carboxylic acids is 1. The number of aliphatic hydroxyl groups excluding tert-OH is 1. The molecular formula is C24H32N4O2. The second-order valence-corrected chi connectivity index (χ2v) is 9.94. The SMILES string of the molecule is N#CCC1(N2CCC(C[C@@H]3CC3c3ccccc3)CC2)CN(C(=O)N2CC(O)C2)C1. The predicted octanol–water partition coefficient (Wildman–Crippen LogP) is 2.66. The smallest absolute Gasteiger partial charge is 0.320 e. The highest BCUT2D eigenvalue weighted by atomic mass is 16.3. The molecule has 1 aliphatic carbocycles. The van der Waals surface area contributed by atoms with Gasteiger partial charge in [-0.15, -0.1) is 0 Å². The Morgan fingerprint density at radius 1 is 1.13 bits per heavy atom. The Labute approximate surface area is 179 Å². The molecule has 4 fully saturated rings. The monoisotopic (exact) mass is 408 g/mol. The summed E-state index contributed by atoms with van der Waals surface area (Å²) in [6, 6.07) is 13.3. The third kappa shape index (κ3) is 3.70. The summed E-state index contributed by atoms with van der Waals surface area (Å²) in [5, 5.41) is 18.9. The van der Waals surface area contributed by atoms with Crippen molar-refractivity contribution >= 4 is 6.03 Å². The molecule has 30 heavy (non-hydrogen) atoms. The van der Waals surface area contributed by atoms with E-state index in [1.165, 1.54) is 31.2 Å². The number of nitriles is 1. The van der Waals surface area contributed by atoms with E-state index in [4.69, 9.17) is 0 Å². The van der Waals surface area contributed by atoms with Crippen LogP contribution in [0.2, 0.25) is 0 Å². The molecule has 1 saturated carbocycles. The Bertz CT molecular complexity index is 802. The molecule has 4 aliphatic rings. The fourth-order valence-electron chi connectivity index (χ4n) is 5.87. The van der Waals surface area contributed by atoms with Crippen LogP contribution in [0.25, 0.3) is 0 Å². The van der Waals surface area contributed by atoms with Gasteiger partial charge in [0.15, 0.2) is 0 Å². The molecule has 1 aromatic rings. The molecule has 3 saturated heterocycles. The maximum atomic E-state index is 12.5. The van der Waals surface area contributed by atoms with Crippen LogP contribution in [0.4, 0.5) is 4.79 Å². The molecule has 1 aromatic carbocycles. The summed E-state index contributed by atoms with van der Waals surface area (Å²) < 4.78 is 0. The van der Waals surface area contributed by atoms with Crippen LogP contribution >= 0.6 is 0 Å². The highest BCUT2D eigenvalue weighted by Crippen LogP contribution is 2.52. The first-order valence-corrected chi connectivity index (χ1v) is 11.5. The molecule has 3 heterocycles. The minimum Gasteiger partial charge on any atom is -0.389 e. The van der Waals surface area contributed by atoms with E-state index < -0.39 is 0 Å². The number of urea groups is 1. The maximum absolute atomic E-state index is 12.5. The average Bonchev–Trinajstić information content (AvgIpc) is 3.48. The zero-order valence-corrected chi connectivity index (χ0v) is 17.6. The number of likely N-dealkylation sites (tertiary alicyclic amines) is 3. The van der Waals surface area contributed by atoms with Crippen molar-refractivity contribution in [2.45, 2.75) is 49.7 Å². The van der Waals surface area contributed by atoms with Gasteiger partial charge in [0, 0.05) is 13.1 Å². The van der Waals surface area contributed by atoms with Crippen molar-refractivity contribution in [3.63, 3.8) is 0 Å². The van der Waals surface area contributed by atoms with Gasteiger partial charge >= 0.3 is 6.03 Å². The molecule has 2 amide bonds. The Morgan fingerprint density at radius 2 is 1.83 bits per heavy atom. The molecule has 0 bridgehead atoms. The van der Waals surface area contributed by atoms with E-state index in [0.717, 1.165) is 30.8 Å². The molecule has 6 heteroatoms. The van der Waals surface area contributed by atoms with Crippen LogP contribution < -0.4 is 0 Å². The zero-order chi connectivity index (χ0) is 20.7. The number of carbonyl (C=O) groups is 1. The molecule has 5 rings (SSSR count). The molecule has 1 unspecified atom stereocenters. The van der Waals surface area contributed by atoms with E-state index in [9.17, 15) is 15.2 Å². The lowest BCUT2D eigenvalue weighted by Crippen LogP contribution is -2.74. The maximum Gasteiger partial charge on any atom is 0.320 e. The summed E-state index contributed by atoms with van der Waals surface area (Å²) in [6.45, 7) is 4.26. The van der Waals surface area contributed by atoms with Gasteiger partial charge in [-0.1, -0.05) is 30.3 Å². The van der Waals surface area contributed by atoms with Crippen LogP contribution in [0.15, 0.2) is 30.3 Å². The lowest BCUT2D eigenvalue weighted by Gasteiger charge is -2.57.